The Morgan fingerprint density at radius 3 is 3.05 bits per heavy atom. The molecule has 0 saturated heterocycles. The Balaban J connectivity index is 2.94. The summed E-state index contributed by atoms with van der Waals surface area (Å²) >= 11 is 5.70. The first-order valence-electron chi connectivity index (χ1n) is 5.96. The maximum atomic E-state index is 14.0. The van der Waals surface area contributed by atoms with E-state index >= 15 is 0 Å². The van der Waals surface area contributed by atoms with E-state index in [0.717, 1.165) is 0 Å². The number of rotatable bonds is 7. The molecule has 8 heteroatoms. The number of nitrogens with one attached hydrogen (secondary N) is 1. The molecule has 0 heterocycles. The first-order valence-corrected chi connectivity index (χ1v) is 6.34. The van der Waals surface area contributed by atoms with Crippen molar-refractivity contribution >= 4 is 17.6 Å². The van der Waals surface area contributed by atoms with Crippen LogP contribution in [0.5, 0.6) is 0 Å². The van der Waals surface area contributed by atoms with Gasteiger partial charge in [-0.05, 0) is 18.5 Å². The number of benzene rings is 1. The van der Waals surface area contributed by atoms with Crippen molar-refractivity contribution in [3.05, 3.63) is 45.0 Å². The summed E-state index contributed by atoms with van der Waals surface area (Å²) in [6.07, 6.45) is 0. The summed E-state index contributed by atoms with van der Waals surface area (Å²) in [7, 11) is 0. The van der Waals surface area contributed by atoms with E-state index < -0.39 is 17.8 Å². The predicted molar refractivity (Wildman–Crippen MR) is 72.8 cm³/mol. The molecule has 0 radical (unpaired) electrons. The van der Waals surface area contributed by atoms with Gasteiger partial charge in [-0.1, -0.05) is 28.8 Å². The van der Waals surface area contributed by atoms with Gasteiger partial charge in [-0.15, -0.1) is 0 Å². The van der Waals surface area contributed by atoms with Gasteiger partial charge < -0.3 is 10.1 Å². The zero-order valence-electron chi connectivity index (χ0n) is 10.8. The number of hydrogen-bond donors (Lipinski definition) is 1. The van der Waals surface area contributed by atoms with Gasteiger partial charge in [0.15, 0.2) is 0 Å². The van der Waals surface area contributed by atoms with E-state index in [-0.39, 0.29) is 30.3 Å². The molecule has 0 bridgehead atoms. The first-order chi connectivity index (χ1) is 9.61. The summed E-state index contributed by atoms with van der Waals surface area (Å²) in [5.41, 5.74) is 8.28. The van der Waals surface area contributed by atoms with Crippen molar-refractivity contribution in [3.63, 3.8) is 0 Å². The summed E-state index contributed by atoms with van der Waals surface area (Å²) in [6.45, 7) is 2.17. The molecule has 0 saturated carbocycles. The van der Waals surface area contributed by atoms with Crippen molar-refractivity contribution < 1.29 is 13.9 Å². The minimum atomic E-state index is -0.998. The van der Waals surface area contributed by atoms with Crippen LogP contribution in [0.4, 0.5) is 4.39 Å². The molecule has 1 aromatic rings. The van der Waals surface area contributed by atoms with Crippen molar-refractivity contribution in [1.29, 1.82) is 0 Å². The van der Waals surface area contributed by atoms with E-state index in [9.17, 15) is 9.18 Å². The Kier molecular flexibility index (Phi) is 6.79. The van der Waals surface area contributed by atoms with Crippen LogP contribution in [0, 0.1) is 5.82 Å². The zero-order chi connectivity index (χ0) is 15.0. The molecule has 1 unspecified atom stereocenters. The number of esters is 1. The molecule has 0 aliphatic heterocycles. The lowest BCUT2D eigenvalue weighted by Gasteiger charge is -2.18. The summed E-state index contributed by atoms with van der Waals surface area (Å²) < 4.78 is 18.9. The van der Waals surface area contributed by atoms with E-state index in [4.69, 9.17) is 21.9 Å². The summed E-state index contributed by atoms with van der Waals surface area (Å²) in [4.78, 5) is 14.5. The number of halogens is 2. The average molecular weight is 301 g/mol. The van der Waals surface area contributed by atoms with Crippen LogP contribution in [0.25, 0.3) is 10.4 Å². The van der Waals surface area contributed by atoms with Crippen molar-refractivity contribution in [2.75, 3.05) is 19.7 Å². The number of azide groups is 1. The largest absolute Gasteiger partial charge is 0.465 e. The standard InChI is InChI=1S/C12H14ClFN4O2/c1-2-20-12(19)11(16-6-7-17-18-15)8-4-3-5-9(13)10(8)14/h3-5,11,16H,2,6-7H2,1H3. The van der Waals surface area contributed by atoms with Crippen LogP contribution < -0.4 is 5.32 Å². The van der Waals surface area contributed by atoms with Gasteiger partial charge >= 0.3 is 5.97 Å². The van der Waals surface area contributed by atoms with E-state index in [0.29, 0.717) is 0 Å². The molecule has 0 aromatic heterocycles. The second-order valence-corrected chi connectivity index (χ2v) is 4.14. The van der Waals surface area contributed by atoms with Gasteiger partial charge in [0, 0.05) is 23.6 Å². The number of ether oxygens (including phenoxy) is 1. The van der Waals surface area contributed by atoms with Crippen LogP contribution in [0.1, 0.15) is 18.5 Å². The molecule has 20 heavy (non-hydrogen) atoms. The Bertz CT molecular complexity index is 520. The summed E-state index contributed by atoms with van der Waals surface area (Å²) in [5, 5.41) is 6.04. The Hall–Kier alpha value is -1.82. The highest BCUT2D eigenvalue weighted by molar-refractivity contribution is 6.30. The minimum absolute atomic E-state index is 0.0753. The van der Waals surface area contributed by atoms with Crippen LogP contribution in [0.2, 0.25) is 5.02 Å². The molecule has 1 aromatic carbocycles. The zero-order valence-corrected chi connectivity index (χ0v) is 11.6. The molecule has 1 atom stereocenters. The normalized spacial score (nSPS) is 11.6. The molecular formula is C12H14ClFN4O2. The minimum Gasteiger partial charge on any atom is -0.465 e. The van der Waals surface area contributed by atoms with Gasteiger partial charge in [0.25, 0.3) is 0 Å². The SMILES string of the molecule is CCOC(=O)C(NCCN=[N+]=[N-])c1cccc(Cl)c1F. The van der Waals surface area contributed by atoms with Crippen LogP contribution in [-0.2, 0) is 9.53 Å². The lowest BCUT2D eigenvalue weighted by Crippen LogP contribution is -2.32. The lowest BCUT2D eigenvalue weighted by molar-refractivity contribution is -0.145. The van der Waals surface area contributed by atoms with Crippen molar-refractivity contribution in [2.45, 2.75) is 13.0 Å². The quantitative estimate of drug-likeness (QED) is 0.276. The maximum Gasteiger partial charge on any atom is 0.327 e. The number of hydrogen-bond acceptors (Lipinski definition) is 4. The van der Waals surface area contributed by atoms with Gasteiger partial charge in [-0.2, -0.15) is 0 Å². The third-order valence-corrected chi connectivity index (χ3v) is 2.73. The van der Waals surface area contributed by atoms with Gasteiger partial charge in [-0.25, -0.2) is 9.18 Å². The maximum absolute atomic E-state index is 14.0. The van der Waals surface area contributed by atoms with Gasteiger partial charge in [0.1, 0.15) is 11.9 Å². The third-order valence-electron chi connectivity index (χ3n) is 2.44. The molecule has 0 fully saturated rings. The average Bonchev–Trinajstić information content (AvgIpc) is 2.43. The van der Waals surface area contributed by atoms with Gasteiger partial charge in [0.05, 0.1) is 11.6 Å². The van der Waals surface area contributed by atoms with E-state index in [1.165, 1.54) is 12.1 Å². The topological polar surface area (TPSA) is 87.1 Å². The molecular weight excluding hydrogens is 287 g/mol. The van der Waals surface area contributed by atoms with Crippen LogP contribution in [0.3, 0.4) is 0 Å². The molecule has 0 amide bonds. The Morgan fingerprint density at radius 2 is 2.40 bits per heavy atom. The molecule has 1 N–H and O–H groups in total. The smallest absolute Gasteiger partial charge is 0.327 e. The predicted octanol–water partition coefficient (Wildman–Crippen LogP) is 2.98. The fourth-order valence-electron chi connectivity index (χ4n) is 1.59. The van der Waals surface area contributed by atoms with Crippen LogP contribution in [0.15, 0.2) is 23.3 Å². The lowest BCUT2D eigenvalue weighted by atomic mass is 10.1. The second kappa shape index (κ2) is 8.37. The fraction of sp³-hybridized carbons (Fsp3) is 0.417. The van der Waals surface area contributed by atoms with Crippen molar-refractivity contribution in [2.24, 2.45) is 5.11 Å². The van der Waals surface area contributed by atoms with Gasteiger partial charge in [-0.3, -0.25) is 0 Å². The molecule has 0 aliphatic rings. The first kappa shape index (κ1) is 16.2. The molecule has 1 rings (SSSR count). The number of carbonyl (C=O) groups is 1. The van der Waals surface area contributed by atoms with Crippen molar-refractivity contribution in [3.8, 4) is 0 Å². The highest BCUT2D eigenvalue weighted by Crippen LogP contribution is 2.24. The second-order valence-electron chi connectivity index (χ2n) is 3.74. The fourth-order valence-corrected chi connectivity index (χ4v) is 1.77. The summed E-state index contributed by atoms with van der Waals surface area (Å²) in [6, 6.07) is 3.39. The highest BCUT2D eigenvalue weighted by Gasteiger charge is 2.25. The van der Waals surface area contributed by atoms with Gasteiger partial charge in [0.2, 0.25) is 0 Å². The van der Waals surface area contributed by atoms with Crippen molar-refractivity contribution in [1.82, 2.24) is 5.32 Å². The molecule has 6 nitrogen and oxygen atoms in total. The van der Waals surface area contributed by atoms with Crippen LogP contribution >= 0.6 is 11.6 Å². The molecule has 0 aliphatic carbocycles. The highest BCUT2D eigenvalue weighted by atomic mass is 35.5. The third kappa shape index (κ3) is 4.38. The van der Waals surface area contributed by atoms with Crippen LogP contribution in [-0.4, -0.2) is 25.7 Å². The molecule has 108 valence electrons. The Morgan fingerprint density at radius 1 is 1.65 bits per heavy atom. The van der Waals surface area contributed by atoms with E-state index in [1.807, 2.05) is 0 Å². The Labute approximate surface area is 120 Å². The number of carbonyl (C=O) groups excluding carboxylic acids is 1. The molecule has 0 spiro atoms. The van der Waals surface area contributed by atoms with E-state index in [1.54, 1.807) is 13.0 Å². The number of nitrogens with zero attached hydrogens (tertiary/aromatic N) is 3. The van der Waals surface area contributed by atoms with E-state index in [2.05, 4.69) is 15.3 Å². The monoisotopic (exact) mass is 300 g/mol. The summed E-state index contributed by atoms with van der Waals surface area (Å²) in [5.74, 6) is -1.29.